The number of methoxy groups -OCH3 is 1. The van der Waals surface area contributed by atoms with Crippen LogP contribution in [-0.2, 0) is 20.9 Å². The minimum Gasteiger partial charge on any atom is -0.489 e. The van der Waals surface area contributed by atoms with Crippen molar-refractivity contribution in [2.45, 2.75) is 13.5 Å². The fourth-order valence-electron chi connectivity index (χ4n) is 3.71. The van der Waals surface area contributed by atoms with E-state index in [0.29, 0.717) is 28.8 Å². The van der Waals surface area contributed by atoms with Crippen LogP contribution in [0.2, 0.25) is 5.02 Å². The third kappa shape index (κ3) is 4.83. The van der Waals surface area contributed by atoms with Crippen molar-refractivity contribution in [2.75, 3.05) is 12.0 Å². The minimum atomic E-state index is -0.576. The number of ether oxygens (including phenoxy) is 2. The molecule has 0 saturated heterocycles. The molecule has 1 aliphatic rings. The van der Waals surface area contributed by atoms with Crippen LogP contribution in [0.5, 0.6) is 5.75 Å². The summed E-state index contributed by atoms with van der Waals surface area (Å²) in [5, 5.41) is 0.494. The maximum absolute atomic E-state index is 13.4. The van der Waals surface area contributed by atoms with Crippen molar-refractivity contribution in [1.29, 1.82) is 0 Å². The third-order valence-corrected chi connectivity index (χ3v) is 5.51. The van der Waals surface area contributed by atoms with Gasteiger partial charge in [-0.3, -0.25) is 9.69 Å². The van der Waals surface area contributed by atoms with Crippen molar-refractivity contribution in [2.24, 2.45) is 0 Å². The fourth-order valence-corrected chi connectivity index (χ4v) is 3.89. The highest BCUT2D eigenvalue weighted by Crippen LogP contribution is 2.36. The summed E-state index contributed by atoms with van der Waals surface area (Å²) in [7, 11) is 1.30. The number of halogens is 1. The lowest BCUT2D eigenvalue weighted by atomic mass is 10.0. The van der Waals surface area contributed by atoms with E-state index < -0.39 is 5.97 Å². The maximum Gasteiger partial charge on any atom is 0.340 e. The molecule has 5 nitrogen and oxygen atoms in total. The Balaban J connectivity index is 1.67. The van der Waals surface area contributed by atoms with E-state index in [2.05, 4.69) is 0 Å². The van der Waals surface area contributed by atoms with E-state index in [-0.39, 0.29) is 17.1 Å². The first-order chi connectivity index (χ1) is 16.0. The van der Waals surface area contributed by atoms with Crippen LogP contribution in [0.3, 0.4) is 0 Å². The van der Waals surface area contributed by atoms with Gasteiger partial charge in [0.1, 0.15) is 12.4 Å². The van der Waals surface area contributed by atoms with Crippen LogP contribution < -0.4 is 9.64 Å². The number of amides is 1. The van der Waals surface area contributed by atoms with Crippen LogP contribution in [0.4, 0.5) is 5.69 Å². The maximum atomic E-state index is 13.4. The largest absolute Gasteiger partial charge is 0.489 e. The average Bonchev–Trinajstić information content (AvgIpc) is 3.07. The highest BCUT2D eigenvalue weighted by atomic mass is 35.5. The van der Waals surface area contributed by atoms with Gasteiger partial charge >= 0.3 is 5.97 Å². The van der Waals surface area contributed by atoms with Gasteiger partial charge < -0.3 is 9.47 Å². The van der Waals surface area contributed by atoms with Crippen LogP contribution >= 0.6 is 11.6 Å². The summed E-state index contributed by atoms with van der Waals surface area (Å²) in [6.07, 6.45) is 1.68. The lowest BCUT2D eigenvalue weighted by Crippen LogP contribution is -2.24. The van der Waals surface area contributed by atoms with Gasteiger partial charge in [-0.2, -0.15) is 0 Å². The number of carbonyl (C=O) groups is 2. The van der Waals surface area contributed by atoms with Gasteiger partial charge in [-0.15, -0.1) is 0 Å². The first-order valence-corrected chi connectivity index (χ1v) is 10.7. The standard InChI is InChI=1S/C27H22ClNO4/c1-18-25(27(31)32-2)24(26(30)29(18)22-12-7-11-21(28)16-22)15-20-10-6-13-23(14-20)33-17-19-8-4-3-5-9-19/h3-16H,17H2,1-2H3/b24-15-. The number of carbonyl (C=O) groups excluding carboxylic acids is 2. The predicted molar refractivity (Wildman–Crippen MR) is 129 cm³/mol. The Morgan fingerprint density at radius 2 is 1.76 bits per heavy atom. The Labute approximate surface area is 197 Å². The van der Waals surface area contributed by atoms with Crippen molar-refractivity contribution >= 4 is 35.2 Å². The number of nitrogens with zero attached hydrogens (tertiary/aromatic N) is 1. The fraction of sp³-hybridized carbons (Fsp3) is 0.111. The van der Waals surface area contributed by atoms with Gasteiger partial charge in [-0.05, 0) is 54.5 Å². The second-order valence-electron chi connectivity index (χ2n) is 7.48. The van der Waals surface area contributed by atoms with Crippen LogP contribution in [0.1, 0.15) is 18.1 Å². The van der Waals surface area contributed by atoms with Gasteiger partial charge in [-0.1, -0.05) is 60.1 Å². The zero-order valence-corrected chi connectivity index (χ0v) is 19.0. The van der Waals surface area contributed by atoms with Crippen molar-refractivity contribution in [3.8, 4) is 5.75 Å². The zero-order valence-electron chi connectivity index (χ0n) is 18.2. The van der Waals surface area contributed by atoms with E-state index in [1.54, 1.807) is 37.3 Å². The summed E-state index contributed by atoms with van der Waals surface area (Å²) in [4.78, 5) is 27.5. The molecule has 33 heavy (non-hydrogen) atoms. The molecule has 3 aromatic carbocycles. The molecule has 0 spiro atoms. The van der Waals surface area contributed by atoms with Gasteiger partial charge in [0.2, 0.25) is 0 Å². The van der Waals surface area contributed by atoms with Gasteiger partial charge in [0, 0.05) is 10.7 Å². The molecule has 0 N–H and O–H groups in total. The molecule has 3 aromatic rings. The molecule has 166 valence electrons. The Hall–Kier alpha value is -3.83. The van der Waals surface area contributed by atoms with E-state index in [1.807, 2.05) is 54.6 Å². The minimum absolute atomic E-state index is 0.220. The number of esters is 1. The summed E-state index contributed by atoms with van der Waals surface area (Å²) in [6, 6.07) is 24.1. The van der Waals surface area contributed by atoms with Crippen LogP contribution in [0, 0.1) is 0 Å². The van der Waals surface area contributed by atoms with Crippen LogP contribution in [-0.4, -0.2) is 19.0 Å². The number of anilines is 1. The Kier molecular flexibility index (Phi) is 6.61. The first-order valence-electron chi connectivity index (χ1n) is 10.4. The summed E-state index contributed by atoms with van der Waals surface area (Å²) in [6.45, 7) is 2.14. The quantitative estimate of drug-likeness (QED) is 0.345. The average molecular weight is 460 g/mol. The van der Waals surface area contributed by atoms with E-state index in [9.17, 15) is 9.59 Å². The molecule has 6 heteroatoms. The van der Waals surface area contributed by atoms with E-state index in [0.717, 1.165) is 11.1 Å². The van der Waals surface area contributed by atoms with Crippen molar-refractivity contribution < 1.29 is 19.1 Å². The lowest BCUT2D eigenvalue weighted by molar-refractivity contribution is -0.136. The number of benzene rings is 3. The van der Waals surface area contributed by atoms with Crippen molar-refractivity contribution in [3.63, 3.8) is 0 Å². The lowest BCUT2D eigenvalue weighted by Gasteiger charge is -2.18. The monoisotopic (exact) mass is 459 g/mol. The Morgan fingerprint density at radius 1 is 1.00 bits per heavy atom. The summed E-state index contributed by atoms with van der Waals surface area (Å²) in [5.74, 6) is -0.246. The molecule has 1 amide bonds. The molecule has 4 rings (SSSR count). The normalized spacial score (nSPS) is 14.7. The number of hydrogen-bond donors (Lipinski definition) is 0. The zero-order chi connectivity index (χ0) is 23.4. The number of rotatable bonds is 6. The van der Waals surface area contributed by atoms with E-state index in [1.165, 1.54) is 12.0 Å². The van der Waals surface area contributed by atoms with Gasteiger partial charge in [0.15, 0.2) is 0 Å². The molecule has 0 radical (unpaired) electrons. The molecular weight excluding hydrogens is 438 g/mol. The third-order valence-electron chi connectivity index (χ3n) is 5.27. The van der Waals surface area contributed by atoms with Gasteiger partial charge in [-0.25, -0.2) is 4.79 Å². The molecule has 0 unspecified atom stereocenters. The highest BCUT2D eigenvalue weighted by molar-refractivity contribution is 6.31. The number of hydrogen-bond acceptors (Lipinski definition) is 4. The topological polar surface area (TPSA) is 55.8 Å². The first kappa shape index (κ1) is 22.4. The summed E-state index contributed by atoms with van der Waals surface area (Å²) < 4.78 is 10.9. The predicted octanol–water partition coefficient (Wildman–Crippen LogP) is 5.80. The summed E-state index contributed by atoms with van der Waals surface area (Å²) in [5.41, 5.74) is 3.31. The molecule has 0 fully saturated rings. The smallest absolute Gasteiger partial charge is 0.340 e. The van der Waals surface area contributed by atoms with Crippen LogP contribution in [0.15, 0.2) is 95.7 Å². The molecule has 0 bridgehead atoms. The van der Waals surface area contributed by atoms with E-state index >= 15 is 0 Å². The molecular formula is C27H22ClNO4. The molecule has 0 saturated carbocycles. The Bertz CT molecular complexity index is 1260. The molecule has 0 aliphatic carbocycles. The second kappa shape index (κ2) is 9.76. The highest BCUT2D eigenvalue weighted by Gasteiger charge is 2.37. The second-order valence-corrected chi connectivity index (χ2v) is 7.91. The summed E-state index contributed by atoms with van der Waals surface area (Å²) >= 11 is 6.13. The van der Waals surface area contributed by atoms with Crippen molar-refractivity contribution in [1.82, 2.24) is 0 Å². The van der Waals surface area contributed by atoms with E-state index in [4.69, 9.17) is 21.1 Å². The molecule has 0 atom stereocenters. The molecule has 0 aromatic heterocycles. The van der Waals surface area contributed by atoms with Gasteiger partial charge in [0.25, 0.3) is 5.91 Å². The van der Waals surface area contributed by atoms with Gasteiger partial charge in [0.05, 0.1) is 23.9 Å². The van der Waals surface area contributed by atoms with Crippen molar-refractivity contribution in [3.05, 3.63) is 112 Å². The Morgan fingerprint density at radius 3 is 2.48 bits per heavy atom. The number of allylic oxidation sites excluding steroid dienone is 1. The SMILES string of the molecule is COC(=O)C1=C(C)N(c2cccc(Cl)c2)C(=O)/C1=C\c1cccc(OCc2ccccc2)c1. The molecule has 1 aliphatic heterocycles. The molecule has 1 heterocycles. The van der Waals surface area contributed by atoms with Crippen LogP contribution in [0.25, 0.3) is 6.08 Å².